The number of rotatable bonds is 4. The molecule has 0 unspecified atom stereocenters. The van der Waals surface area contributed by atoms with Crippen LogP contribution in [0.3, 0.4) is 0 Å². The van der Waals surface area contributed by atoms with Crippen molar-refractivity contribution in [3.8, 4) is 5.69 Å². The average Bonchev–Trinajstić information content (AvgIpc) is 3.11. The quantitative estimate of drug-likeness (QED) is 0.432. The van der Waals surface area contributed by atoms with Crippen LogP contribution in [-0.2, 0) is 0 Å². The highest BCUT2D eigenvalue weighted by molar-refractivity contribution is 6.08. The molecule has 4 aromatic rings. The van der Waals surface area contributed by atoms with Gasteiger partial charge in [-0.25, -0.2) is 0 Å². The number of nitro groups is 1. The molecule has 3 aromatic carbocycles. The third-order valence-corrected chi connectivity index (χ3v) is 4.31. The third kappa shape index (κ3) is 3.18. The van der Waals surface area contributed by atoms with E-state index in [9.17, 15) is 14.9 Å². The van der Waals surface area contributed by atoms with Crippen molar-refractivity contribution in [1.82, 2.24) is 15.0 Å². The summed E-state index contributed by atoms with van der Waals surface area (Å²) >= 11 is 0. The Hall–Kier alpha value is -4.07. The summed E-state index contributed by atoms with van der Waals surface area (Å²) in [5.74, 6) is -0.551. The van der Waals surface area contributed by atoms with Gasteiger partial charge in [0.2, 0.25) is 0 Å². The van der Waals surface area contributed by atoms with Crippen molar-refractivity contribution < 1.29 is 9.72 Å². The van der Waals surface area contributed by atoms with E-state index in [2.05, 4.69) is 15.5 Å². The molecule has 1 aromatic heterocycles. The number of aryl methyl sites for hydroxylation is 1. The van der Waals surface area contributed by atoms with Crippen molar-refractivity contribution in [2.75, 3.05) is 5.32 Å². The minimum absolute atomic E-state index is 0.0000585. The molecule has 0 spiro atoms. The van der Waals surface area contributed by atoms with Crippen LogP contribution in [0.15, 0.2) is 66.7 Å². The van der Waals surface area contributed by atoms with Crippen molar-refractivity contribution in [2.45, 2.75) is 6.92 Å². The van der Waals surface area contributed by atoms with Crippen molar-refractivity contribution in [3.05, 3.63) is 88.0 Å². The second-order valence-electron chi connectivity index (χ2n) is 6.21. The van der Waals surface area contributed by atoms with Crippen LogP contribution in [0.1, 0.15) is 15.9 Å². The number of aromatic nitrogens is 3. The summed E-state index contributed by atoms with van der Waals surface area (Å²) in [6.07, 6.45) is 0. The highest BCUT2D eigenvalue weighted by Gasteiger charge is 2.20. The smallest absolute Gasteiger partial charge is 0.282 e. The van der Waals surface area contributed by atoms with Crippen LogP contribution >= 0.6 is 0 Å². The number of carbonyl (C=O) groups excluding carboxylic acids is 1. The molecule has 28 heavy (non-hydrogen) atoms. The standard InChI is InChI=1S/C20H15N5O3/c1-13-11-17-18(23-24(22-17)14-7-3-2-4-8-14)12-16(13)21-20(26)15-9-5-6-10-19(15)25(27)28/h2-12H,1H3,(H,21,26). The first-order valence-corrected chi connectivity index (χ1v) is 8.51. The topological polar surface area (TPSA) is 103 Å². The van der Waals surface area contributed by atoms with Gasteiger partial charge in [0.25, 0.3) is 11.6 Å². The van der Waals surface area contributed by atoms with Crippen molar-refractivity contribution >= 4 is 28.3 Å². The number of amides is 1. The molecule has 0 aliphatic rings. The van der Waals surface area contributed by atoms with Crippen LogP contribution in [0.4, 0.5) is 11.4 Å². The Morgan fingerprint density at radius 1 is 1.00 bits per heavy atom. The van der Waals surface area contributed by atoms with Gasteiger partial charge in [0, 0.05) is 11.8 Å². The fourth-order valence-corrected chi connectivity index (χ4v) is 2.89. The normalized spacial score (nSPS) is 10.8. The SMILES string of the molecule is Cc1cc2nn(-c3ccccc3)nc2cc1NC(=O)c1ccccc1[N+](=O)[O-]. The summed E-state index contributed by atoms with van der Waals surface area (Å²) in [5.41, 5.74) is 3.17. The number of hydrogen-bond acceptors (Lipinski definition) is 5. The molecule has 0 saturated carbocycles. The lowest BCUT2D eigenvalue weighted by Gasteiger charge is -2.08. The Balaban J connectivity index is 1.69. The molecule has 1 heterocycles. The van der Waals surface area contributed by atoms with Crippen LogP contribution < -0.4 is 5.32 Å². The molecule has 1 N–H and O–H groups in total. The second kappa shape index (κ2) is 6.92. The molecule has 0 bridgehead atoms. The number of carbonyl (C=O) groups is 1. The lowest BCUT2D eigenvalue weighted by atomic mass is 10.1. The molecule has 0 saturated heterocycles. The number of anilines is 1. The Morgan fingerprint density at radius 3 is 2.36 bits per heavy atom. The summed E-state index contributed by atoms with van der Waals surface area (Å²) in [6.45, 7) is 1.83. The van der Waals surface area contributed by atoms with Crippen LogP contribution in [0.5, 0.6) is 0 Å². The predicted molar refractivity (Wildman–Crippen MR) is 105 cm³/mol. The van der Waals surface area contributed by atoms with Crippen LogP contribution in [-0.4, -0.2) is 25.8 Å². The Labute approximate surface area is 159 Å². The van der Waals surface area contributed by atoms with Gasteiger partial charge in [-0.15, -0.1) is 10.2 Å². The van der Waals surface area contributed by atoms with E-state index in [0.717, 1.165) is 11.3 Å². The summed E-state index contributed by atoms with van der Waals surface area (Å²) < 4.78 is 0. The average molecular weight is 373 g/mol. The number of para-hydroxylation sites is 2. The number of hydrogen-bond donors (Lipinski definition) is 1. The highest BCUT2D eigenvalue weighted by atomic mass is 16.6. The summed E-state index contributed by atoms with van der Waals surface area (Å²) in [5, 5.41) is 22.8. The molecule has 0 fully saturated rings. The molecule has 0 aliphatic heterocycles. The minimum Gasteiger partial charge on any atom is -0.321 e. The fraction of sp³-hybridized carbons (Fsp3) is 0.0500. The van der Waals surface area contributed by atoms with Gasteiger partial charge in [-0.05, 0) is 42.8 Å². The fourth-order valence-electron chi connectivity index (χ4n) is 2.89. The Kier molecular flexibility index (Phi) is 4.29. The van der Waals surface area contributed by atoms with Gasteiger partial charge < -0.3 is 5.32 Å². The predicted octanol–water partition coefficient (Wildman–Crippen LogP) is 3.89. The van der Waals surface area contributed by atoms with E-state index in [4.69, 9.17) is 0 Å². The maximum atomic E-state index is 12.6. The molecule has 8 heteroatoms. The maximum absolute atomic E-state index is 12.6. The zero-order chi connectivity index (χ0) is 19.7. The van der Waals surface area contributed by atoms with E-state index in [1.807, 2.05) is 43.3 Å². The summed E-state index contributed by atoms with van der Waals surface area (Å²) in [6, 6.07) is 18.8. The number of benzene rings is 3. The van der Waals surface area contributed by atoms with Gasteiger partial charge in [-0.1, -0.05) is 30.3 Å². The monoisotopic (exact) mass is 373 g/mol. The first-order chi connectivity index (χ1) is 13.5. The molecule has 1 amide bonds. The molecule has 0 aliphatic carbocycles. The second-order valence-corrected chi connectivity index (χ2v) is 6.21. The van der Waals surface area contributed by atoms with Crippen LogP contribution in [0.2, 0.25) is 0 Å². The summed E-state index contributed by atoms with van der Waals surface area (Å²) in [7, 11) is 0. The molecular weight excluding hydrogens is 358 g/mol. The molecule has 138 valence electrons. The van der Waals surface area contributed by atoms with Gasteiger partial charge in [0.05, 0.1) is 10.6 Å². The maximum Gasteiger partial charge on any atom is 0.282 e. The lowest BCUT2D eigenvalue weighted by molar-refractivity contribution is -0.385. The number of nitrogens with zero attached hydrogens (tertiary/aromatic N) is 4. The highest BCUT2D eigenvalue weighted by Crippen LogP contribution is 2.24. The van der Waals surface area contributed by atoms with Gasteiger partial charge >= 0.3 is 0 Å². The number of nitrogens with one attached hydrogen (secondary N) is 1. The van der Waals surface area contributed by atoms with Crippen LogP contribution in [0, 0.1) is 17.0 Å². The zero-order valence-corrected chi connectivity index (χ0v) is 14.9. The molecule has 8 nitrogen and oxygen atoms in total. The zero-order valence-electron chi connectivity index (χ0n) is 14.9. The van der Waals surface area contributed by atoms with Gasteiger partial charge in [-0.3, -0.25) is 14.9 Å². The van der Waals surface area contributed by atoms with Gasteiger partial charge in [0.1, 0.15) is 16.6 Å². The van der Waals surface area contributed by atoms with E-state index in [-0.39, 0.29) is 11.3 Å². The molecule has 0 atom stereocenters. The van der Waals surface area contributed by atoms with E-state index < -0.39 is 10.8 Å². The number of fused-ring (bicyclic) bond motifs is 1. The largest absolute Gasteiger partial charge is 0.321 e. The first-order valence-electron chi connectivity index (χ1n) is 8.51. The molecular formula is C20H15N5O3. The Bertz CT molecular complexity index is 1200. The third-order valence-electron chi connectivity index (χ3n) is 4.31. The Morgan fingerprint density at radius 2 is 1.64 bits per heavy atom. The molecule has 4 rings (SSSR count). The lowest BCUT2D eigenvalue weighted by Crippen LogP contribution is -2.14. The van der Waals surface area contributed by atoms with Crippen molar-refractivity contribution in [2.24, 2.45) is 0 Å². The van der Waals surface area contributed by atoms with E-state index in [1.54, 1.807) is 12.1 Å². The summed E-state index contributed by atoms with van der Waals surface area (Å²) in [4.78, 5) is 24.7. The van der Waals surface area contributed by atoms with Gasteiger partial charge in [0.15, 0.2) is 0 Å². The van der Waals surface area contributed by atoms with Crippen LogP contribution in [0.25, 0.3) is 16.7 Å². The minimum atomic E-state index is -0.573. The first kappa shape index (κ1) is 17.3. The van der Waals surface area contributed by atoms with E-state index >= 15 is 0 Å². The van der Waals surface area contributed by atoms with Gasteiger partial charge in [-0.2, -0.15) is 4.80 Å². The van der Waals surface area contributed by atoms with E-state index in [1.165, 1.54) is 23.0 Å². The van der Waals surface area contributed by atoms with Crippen molar-refractivity contribution in [1.29, 1.82) is 0 Å². The van der Waals surface area contributed by atoms with Crippen molar-refractivity contribution in [3.63, 3.8) is 0 Å². The number of nitro benzene ring substituents is 1. The molecule has 0 radical (unpaired) electrons. The van der Waals surface area contributed by atoms with E-state index in [0.29, 0.717) is 16.7 Å².